The smallest absolute Gasteiger partial charge is 0.257 e. The van der Waals surface area contributed by atoms with Crippen LogP contribution in [0, 0.1) is 5.82 Å². The van der Waals surface area contributed by atoms with Crippen LogP contribution in [0.3, 0.4) is 0 Å². The summed E-state index contributed by atoms with van der Waals surface area (Å²) in [6, 6.07) is 12.4. The van der Waals surface area contributed by atoms with Gasteiger partial charge in [0.05, 0.1) is 29.7 Å². The summed E-state index contributed by atoms with van der Waals surface area (Å²) in [4.78, 5) is 14.2. The number of ether oxygens (including phenoxy) is 1. The molecule has 2 aromatic carbocycles. The molecule has 1 unspecified atom stereocenters. The third-order valence-corrected chi connectivity index (χ3v) is 6.85. The zero-order valence-electron chi connectivity index (χ0n) is 15.8. The molecule has 1 saturated heterocycles. The second kappa shape index (κ2) is 8.38. The summed E-state index contributed by atoms with van der Waals surface area (Å²) in [5.74, 6) is -1.33. The molecule has 0 aromatic heterocycles. The van der Waals surface area contributed by atoms with Crippen LogP contribution in [-0.4, -0.2) is 56.9 Å². The number of hydrogen-bond donors (Lipinski definition) is 0. The highest BCUT2D eigenvalue weighted by Gasteiger charge is 2.29. The van der Waals surface area contributed by atoms with Gasteiger partial charge in [-0.2, -0.15) is 4.31 Å². The predicted molar refractivity (Wildman–Crippen MR) is 103 cm³/mol. The predicted octanol–water partition coefficient (Wildman–Crippen LogP) is 2.68. The summed E-state index contributed by atoms with van der Waals surface area (Å²) in [5.41, 5.74) is 0.635. The van der Waals surface area contributed by atoms with Gasteiger partial charge in [-0.1, -0.05) is 30.3 Å². The van der Waals surface area contributed by atoms with Gasteiger partial charge in [0.15, 0.2) is 0 Å². The van der Waals surface area contributed by atoms with Gasteiger partial charge in [-0.3, -0.25) is 4.79 Å². The Morgan fingerprint density at radius 2 is 1.79 bits per heavy atom. The first-order valence-electron chi connectivity index (χ1n) is 9.02. The zero-order chi connectivity index (χ0) is 20.3. The summed E-state index contributed by atoms with van der Waals surface area (Å²) < 4.78 is 46.5. The Kier molecular flexibility index (Phi) is 6.12. The van der Waals surface area contributed by atoms with Crippen molar-refractivity contribution in [1.29, 1.82) is 0 Å². The molecule has 0 N–H and O–H groups in total. The quantitative estimate of drug-likeness (QED) is 0.766. The number of amides is 1. The zero-order valence-corrected chi connectivity index (χ0v) is 16.7. The van der Waals surface area contributed by atoms with Gasteiger partial charge < -0.3 is 9.64 Å². The second-order valence-electron chi connectivity index (χ2n) is 6.66. The van der Waals surface area contributed by atoms with Crippen LogP contribution in [0.1, 0.15) is 28.9 Å². The summed E-state index contributed by atoms with van der Waals surface area (Å²) in [6.45, 7) is 2.91. The highest BCUT2D eigenvalue weighted by molar-refractivity contribution is 7.89. The fourth-order valence-electron chi connectivity index (χ4n) is 3.09. The number of nitrogens with zero attached hydrogens (tertiary/aromatic N) is 2. The van der Waals surface area contributed by atoms with Crippen molar-refractivity contribution in [2.24, 2.45) is 0 Å². The second-order valence-corrected chi connectivity index (χ2v) is 8.60. The molecule has 1 fully saturated rings. The van der Waals surface area contributed by atoms with Gasteiger partial charge in [0.2, 0.25) is 10.0 Å². The molecule has 3 rings (SSSR count). The van der Waals surface area contributed by atoms with Crippen molar-refractivity contribution in [1.82, 2.24) is 9.21 Å². The van der Waals surface area contributed by atoms with E-state index in [0.717, 1.165) is 17.7 Å². The van der Waals surface area contributed by atoms with Gasteiger partial charge in [-0.05, 0) is 30.7 Å². The fraction of sp³-hybridized carbons (Fsp3) is 0.350. The number of benzene rings is 2. The number of sulfonamides is 1. The van der Waals surface area contributed by atoms with E-state index in [1.165, 1.54) is 15.3 Å². The van der Waals surface area contributed by atoms with Crippen LogP contribution in [0.4, 0.5) is 4.39 Å². The van der Waals surface area contributed by atoms with E-state index in [2.05, 4.69) is 0 Å². The van der Waals surface area contributed by atoms with Crippen LogP contribution in [0.2, 0.25) is 0 Å². The lowest BCUT2D eigenvalue weighted by Gasteiger charge is -2.27. The summed E-state index contributed by atoms with van der Waals surface area (Å²) in [6.07, 6.45) is 0. The number of carbonyl (C=O) groups is 1. The van der Waals surface area contributed by atoms with Gasteiger partial charge in [0.25, 0.3) is 5.91 Å². The Hall–Kier alpha value is -2.29. The van der Waals surface area contributed by atoms with E-state index in [-0.39, 0.29) is 29.6 Å². The summed E-state index contributed by atoms with van der Waals surface area (Å²) in [7, 11) is -2.24. The molecule has 1 atom stereocenters. The monoisotopic (exact) mass is 406 g/mol. The minimum Gasteiger partial charge on any atom is -0.379 e. The Morgan fingerprint density at radius 3 is 2.43 bits per heavy atom. The lowest BCUT2D eigenvalue weighted by atomic mass is 10.1. The molecule has 0 spiro atoms. The van der Waals surface area contributed by atoms with Gasteiger partial charge in [-0.25, -0.2) is 12.8 Å². The van der Waals surface area contributed by atoms with E-state index < -0.39 is 21.7 Å². The molecule has 1 aliphatic rings. The van der Waals surface area contributed by atoms with Gasteiger partial charge in [-0.15, -0.1) is 0 Å². The highest BCUT2D eigenvalue weighted by Crippen LogP contribution is 2.24. The van der Waals surface area contributed by atoms with E-state index >= 15 is 0 Å². The molecular weight excluding hydrogens is 383 g/mol. The molecule has 150 valence electrons. The average Bonchev–Trinajstić information content (AvgIpc) is 2.73. The fourth-order valence-corrected chi connectivity index (χ4v) is 4.52. The van der Waals surface area contributed by atoms with E-state index in [0.29, 0.717) is 13.2 Å². The Labute approximate surface area is 164 Å². The molecule has 28 heavy (non-hydrogen) atoms. The van der Waals surface area contributed by atoms with Gasteiger partial charge in [0.1, 0.15) is 5.82 Å². The Bertz CT molecular complexity index is 944. The van der Waals surface area contributed by atoms with Crippen molar-refractivity contribution < 1.29 is 22.3 Å². The minimum atomic E-state index is -3.82. The third kappa shape index (κ3) is 4.09. The van der Waals surface area contributed by atoms with Crippen molar-refractivity contribution in [3.63, 3.8) is 0 Å². The van der Waals surface area contributed by atoms with E-state index in [4.69, 9.17) is 4.74 Å². The third-order valence-electron chi connectivity index (χ3n) is 4.96. The number of hydrogen-bond acceptors (Lipinski definition) is 4. The van der Waals surface area contributed by atoms with Crippen molar-refractivity contribution in [3.8, 4) is 0 Å². The molecule has 0 radical (unpaired) electrons. The number of carbonyl (C=O) groups excluding carboxylic acids is 1. The molecule has 0 aliphatic carbocycles. The maximum atomic E-state index is 14.4. The number of morpholine rings is 1. The molecule has 6 nitrogen and oxygen atoms in total. The first kappa shape index (κ1) is 20.4. The molecule has 1 aliphatic heterocycles. The van der Waals surface area contributed by atoms with Crippen LogP contribution in [-0.2, 0) is 14.8 Å². The minimum absolute atomic E-state index is 0.0973. The van der Waals surface area contributed by atoms with Crippen molar-refractivity contribution in [2.45, 2.75) is 17.9 Å². The van der Waals surface area contributed by atoms with Gasteiger partial charge in [0, 0.05) is 20.1 Å². The van der Waals surface area contributed by atoms with E-state index in [1.54, 1.807) is 7.05 Å². The lowest BCUT2D eigenvalue weighted by molar-refractivity contribution is 0.0728. The van der Waals surface area contributed by atoms with Crippen LogP contribution in [0.5, 0.6) is 0 Å². The largest absolute Gasteiger partial charge is 0.379 e. The molecule has 8 heteroatoms. The standard InChI is InChI=1S/C20H23FN2O4S/c1-15(16-6-4-3-5-7-16)22(2)20(24)18-14-17(8-9-19(18)21)28(25,26)23-10-12-27-13-11-23/h3-9,14-15H,10-13H2,1-2H3. The van der Waals surface area contributed by atoms with Crippen LogP contribution in [0.25, 0.3) is 0 Å². The first-order valence-corrected chi connectivity index (χ1v) is 10.5. The highest BCUT2D eigenvalue weighted by atomic mass is 32.2. The lowest BCUT2D eigenvalue weighted by Crippen LogP contribution is -2.40. The molecule has 0 saturated carbocycles. The normalized spacial score (nSPS) is 16.5. The molecule has 1 amide bonds. The van der Waals surface area contributed by atoms with Crippen molar-refractivity contribution in [3.05, 3.63) is 65.5 Å². The first-order chi connectivity index (χ1) is 13.3. The SMILES string of the molecule is CC(c1ccccc1)N(C)C(=O)c1cc(S(=O)(=O)N2CCOCC2)ccc1F. The Balaban J connectivity index is 1.89. The van der Waals surface area contributed by atoms with Gasteiger partial charge >= 0.3 is 0 Å². The maximum Gasteiger partial charge on any atom is 0.257 e. The number of halogens is 1. The van der Waals surface area contributed by atoms with Crippen molar-refractivity contribution >= 4 is 15.9 Å². The maximum absolute atomic E-state index is 14.4. The van der Waals surface area contributed by atoms with Crippen LogP contribution < -0.4 is 0 Å². The summed E-state index contributed by atoms with van der Waals surface area (Å²) >= 11 is 0. The van der Waals surface area contributed by atoms with E-state index in [9.17, 15) is 17.6 Å². The topological polar surface area (TPSA) is 66.9 Å². The molecule has 1 heterocycles. The van der Waals surface area contributed by atoms with E-state index in [1.807, 2.05) is 37.3 Å². The van der Waals surface area contributed by atoms with Crippen LogP contribution in [0.15, 0.2) is 53.4 Å². The molecule has 0 bridgehead atoms. The molecular formula is C20H23FN2O4S. The van der Waals surface area contributed by atoms with Crippen molar-refractivity contribution in [2.75, 3.05) is 33.4 Å². The Morgan fingerprint density at radius 1 is 1.14 bits per heavy atom. The van der Waals surface area contributed by atoms with Crippen LogP contribution >= 0.6 is 0 Å². The number of rotatable bonds is 5. The summed E-state index contributed by atoms with van der Waals surface area (Å²) in [5, 5.41) is 0. The average molecular weight is 406 g/mol. The molecule has 2 aromatic rings.